The van der Waals surface area contributed by atoms with E-state index in [0.29, 0.717) is 18.8 Å². The Kier molecular flexibility index (Phi) is 6.21. The number of amides is 1. The second kappa shape index (κ2) is 7.95. The van der Waals surface area contributed by atoms with Crippen LogP contribution in [0, 0.1) is 6.92 Å². The van der Waals surface area contributed by atoms with E-state index in [1.807, 2.05) is 19.9 Å². The first-order valence-electron chi connectivity index (χ1n) is 8.34. The lowest BCUT2D eigenvalue weighted by Gasteiger charge is -2.34. The van der Waals surface area contributed by atoms with E-state index in [4.69, 9.17) is 4.42 Å². The predicted octanol–water partition coefficient (Wildman–Crippen LogP) is 0.831. The molecule has 1 aliphatic heterocycles. The predicted molar refractivity (Wildman–Crippen MR) is 89.7 cm³/mol. The van der Waals surface area contributed by atoms with Gasteiger partial charge >= 0.3 is 0 Å². The lowest BCUT2D eigenvalue weighted by molar-refractivity contribution is 0.0483. The van der Waals surface area contributed by atoms with Gasteiger partial charge in [0.05, 0.1) is 6.10 Å². The van der Waals surface area contributed by atoms with E-state index in [9.17, 15) is 9.90 Å². The van der Waals surface area contributed by atoms with Gasteiger partial charge in [-0.05, 0) is 20.0 Å². The summed E-state index contributed by atoms with van der Waals surface area (Å²) in [5.41, 5.74) is 0.854. The fourth-order valence-corrected chi connectivity index (χ4v) is 2.89. The fraction of sp³-hybridized carbons (Fsp3) is 0.706. The third-order valence-corrected chi connectivity index (χ3v) is 4.41. The van der Waals surface area contributed by atoms with Gasteiger partial charge in [0, 0.05) is 58.3 Å². The molecule has 1 aromatic rings. The molecule has 1 atom stereocenters. The molecule has 6 heteroatoms. The molecule has 2 heterocycles. The first kappa shape index (κ1) is 18.0. The van der Waals surface area contributed by atoms with E-state index in [1.165, 1.54) is 0 Å². The summed E-state index contributed by atoms with van der Waals surface area (Å²) in [4.78, 5) is 18.5. The lowest BCUT2D eigenvalue weighted by atomic mass is 10.2. The molecule has 0 spiro atoms. The van der Waals surface area contributed by atoms with Gasteiger partial charge < -0.3 is 19.3 Å². The highest BCUT2D eigenvalue weighted by atomic mass is 16.4. The Morgan fingerprint density at radius 3 is 2.61 bits per heavy atom. The van der Waals surface area contributed by atoms with Crippen LogP contribution in [0.4, 0.5) is 0 Å². The largest absolute Gasteiger partial charge is 0.456 e. The van der Waals surface area contributed by atoms with Gasteiger partial charge in [0.1, 0.15) is 5.76 Å². The molecular weight excluding hydrogens is 294 g/mol. The van der Waals surface area contributed by atoms with Crippen molar-refractivity contribution in [3.63, 3.8) is 0 Å². The van der Waals surface area contributed by atoms with Gasteiger partial charge in [0.25, 0.3) is 5.91 Å². The van der Waals surface area contributed by atoms with E-state index in [-0.39, 0.29) is 5.91 Å². The van der Waals surface area contributed by atoms with E-state index >= 15 is 0 Å². The van der Waals surface area contributed by atoms with Gasteiger partial charge in [0.15, 0.2) is 5.76 Å². The SMILES string of the molecule is CCc1cc(C)c(C(=O)N(C)CC(O)CN2CCN(C)CC2)o1. The molecular formula is C17H29N3O3. The molecule has 1 aliphatic rings. The third-order valence-electron chi connectivity index (χ3n) is 4.41. The number of rotatable bonds is 6. The molecule has 0 aliphatic carbocycles. The quantitative estimate of drug-likeness (QED) is 0.840. The number of likely N-dealkylation sites (N-methyl/N-ethyl adjacent to an activating group) is 2. The van der Waals surface area contributed by atoms with Crippen LogP contribution in [0.15, 0.2) is 10.5 Å². The molecule has 6 nitrogen and oxygen atoms in total. The van der Waals surface area contributed by atoms with Crippen LogP contribution >= 0.6 is 0 Å². The van der Waals surface area contributed by atoms with E-state index < -0.39 is 6.10 Å². The molecule has 1 amide bonds. The summed E-state index contributed by atoms with van der Waals surface area (Å²) in [5.74, 6) is 1.04. The Labute approximate surface area is 138 Å². The average molecular weight is 323 g/mol. The van der Waals surface area contributed by atoms with Gasteiger partial charge in [-0.2, -0.15) is 0 Å². The number of aliphatic hydroxyl groups is 1. The zero-order chi connectivity index (χ0) is 17.0. The van der Waals surface area contributed by atoms with E-state index in [0.717, 1.165) is 43.9 Å². The van der Waals surface area contributed by atoms with Crippen LogP contribution in [0.3, 0.4) is 0 Å². The van der Waals surface area contributed by atoms with Crippen LogP contribution < -0.4 is 0 Å². The summed E-state index contributed by atoms with van der Waals surface area (Å²) in [6.07, 6.45) is 0.220. The summed E-state index contributed by atoms with van der Waals surface area (Å²) in [6, 6.07) is 1.90. The summed E-state index contributed by atoms with van der Waals surface area (Å²) < 4.78 is 5.60. The average Bonchev–Trinajstić information content (AvgIpc) is 2.89. The van der Waals surface area contributed by atoms with Crippen molar-refractivity contribution in [1.29, 1.82) is 0 Å². The number of aliphatic hydroxyl groups excluding tert-OH is 1. The number of furan rings is 1. The molecule has 1 aromatic heterocycles. The normalized spacial score (nSPS) is 18.1. The minimum Gasteiger partial charge on any atom is -0.456 e. The number of hydrogen-bond donors (Lipinski definition) is 1. The highest BCUT2D eigenvalue weighted by Crippen LogP contribution is 2.17. The summed E-state index contributed by atoms with van der Waals surface area (Å²) in [6.45, 7) is 8.75. The van der Waals surface area contributed by atoms with Crippen molar-refractivity contribution in [1.82, 2.24) is 14.7 Å². The zero-order valence-electron chi connectivity index (χ0n) is 14.7. The molecule has 0 saturated carbocycles. The monoisotopic (exact) mass is 323 g/mol. The molecule has 0 aromatic carbocycles. The van der Waals surface area contributed by atoms with Crippen molar-refractivity contribution in [3.05, 3.63) is 23.2 Å². The van der Waals surface area contributed by atoms with Crippen LogP contribution in [-0.2, 0) is 6.42 Å². The molecule has 23 heavy (non-hydrogen) atoms. The Hall–Kier alpha value is -1.37. The Morgan fingerprint density at radius 2 is 2.04 bits per heavy atom. The van der Waals surface area contributed by atoms with Crippen molar-refractivity contribution in [3.8, 4) is 0 Å². The number of carbonyl (C=O) groups is 1. The maximum absolute atomic E-state index is 12.5. The van der Waals surface area contributed by atoms with Crippen molar-refractivity contribution in [2.24, 2.45) is 0 Å². The summed E-state index contributed by atoms with van der Waals surface area (Å²) >= 11 is 0. The zero-order valence-corrected chi connectivity index (χ0v) is 14.7. The second-order valence-electron chi connectivity index (χ2n) is 6.52. The van der Waals surface area contributed by atoms with Crippen molar-refractivity contribution < 1.29 is 14.3 Å². The number of nitrogens with zero attached hydrogens (tertiary/aromatic N) is 3. The molecule has 1 unspecified atom stereocenters. The lowest BCUT2D eigenvalue weighted by Crippen LogP contribution is -2.49. The minimum absolute atomic E-state index is 0.167. The van der Waals surface area contributed by atoms with E-state index in [1.54, 1.807) is 11.9 Å². The first-order chi connectivity index (χ1) is 10.9. The molecule has 130 valence electrons. The summed E-state index contributed by atoms with van der Waals surface area (Å²) in [7, 11) is 3.82. The highest BCUT2D eigenvalue weighted by Gasteiger charge is 2.23. The molecule has 1 fully saturated rings. The second-order valence-corrected chi connectivity index (χ2v) is 6.52. The van der Waals surface area contributed by atoms with Crippen LogP contribution in [0.5, 0.6) is 0 Å². The number of β-amino-alcohol motifs (C(OH)–C–C–N with tert-alkyl or cyclic N) is 1. The van der Waals surface area contributed by atoms with Gasteiger partial charge in [-0.3, -0.25) is 9.69 Å². The number of aryl methyl sites for hydroxylation is 2. The number of hydrogen-bond acceptors (Lipinski definition) is 5. The number of piperazine rings is 1. The topological polar surface area (TPSA) is 60.2 Å². The minimum atomic E-state index is -0.548. The smallest absolute Gasteiger partial charge is 0.289 e. The van der Waals surface area contributed by atoms with Gasteiger partial charge in [-0.25, -0.2) is 0 Å². The molecule has 0 radical (unpaired) electrons. The van der Waals surface area contributed by atoms with Crippen LogP contribution in [-0.4, -0.2) is 85.2 Å². The van der Waals surface area contributed by atoms with Crippen molar-refractivity contribution in [2.45, 2.75) is 26.4 Å². The Bertz CT molecular complexity index is 521. The van der Waals surface area contributed by atoms with Crippen LogP contribution in [0.2, 0.25) is 0 Å². The Morgan fingerprint density at radius 1 is 1.39 bits per heavy atom. The third kappa shape index (κ3) is 4.80. The molecule has 0 bridgehead atoms. The highest BCUT2D eigenvalue weighted by molar-refractivity contribution is 5.92. The molecule has 1 saturated heterocycles. The fourth-order valence-electron chi connectivity index (χ4n) is 2.89. The Balaban J connectivity index is 1.86. The van der Waals surface area contributed by atoms with Crippen LogP contribution in [0.1, 0.15) is 28.8 Å². The maximum Gasteiger partial charge on any atom is 0.289 e. The van der Waals surface area contributed by atoms with Crippen LogP contribution in [0.25, 0.3) is 0 Å². The van der Waals surface area contributed by atoms with Gasteiger partial charge in [-0.1, -0.05) is 6.92 Å². The van der Waals surface area contributed by atoms with Crippen molar-refractivity contribution in [2.75, 3.05) is 53.4 Å². The maximum atomic E-state index is 12.5. The molecule has 2 rings (SSSR count). The summed E-state index contributed by atoms with van der Waals surface area (Å²) in [5, 5.41) is 10.3. The van der Waals surface area contributed by atoms with E-state index in [2.05, 4.69) is 16.8 Å². The van der Waals surface area contributed by atoms with Gasteiger partial charge in [0.2, 0.25) is 0 Å². The molecule has 1 N–H and O–H groups in total. The van der Waals surface area contributed by atoms with Gasteiger partial charge in [-0.15, -0.1) is 0 Å². The van der Waals surface area contributed by atoms with Crippen molar-refractivity contribution >= 4 is 5.91 Å². The first-order valence-corrected chi connectivity index (χ1v) is 8.34. The standard InChI is InChI=1S/C17H29N3O3/c1-5-15-10-13(2)16(23-15)17(22)19(4)11-14(21)12-20-8-6-18(3)7-9-20/h10,14,21H,5-9,11-12H2,1-4H3. The number of carbonyl (C=O) groups excluding carboxylic acids is 1.